The highest BCUT2D eigenvalue weighted by atomic mass is 16.7. The third-order valence-electron chi connectivity index (χ3n) is 5.49. The molecule has 1 aliphatic carbocycles. The lowest BCUT2D eigenvalue weighted by Gasteiger charge is -2.47. The molecule has 1 spiro atoms. The van der Waals surface area contributed by atoms with Crippen molar-refractivity contribution in [3.8, 4) is 0 Å². The minimum absolute atomic E-state index is 0.178. The van der Waals surface area contributed by atoms with Crippen LogP contribution in [0.4, 0.5) is 0 Å². The Kier molecular flexibility index (Phi) is 5.59. The Bertz CT molecular complexity index is 456. The number of hydrogen-bond donors (Lipinski definition) is 1. The predicted octanol–water partition coefficient (Wildman–Crippen LogP) is 1.80. The Balaban J connectivity index is 1.56. The van der Waals surface area contributed by atoms with Crippen LogP contribution in [0.25, 0.3) is 0 Å². The predicted molar refractivity (Wildman–Crippen MR) is 86.2 cm³/mol. The third-order valence-corrected chi connectivity index (χ3v) is 5.49. The summed E-state index contributed by atoms with van der Waals surface area (Å²) < 4.78 is 23.0. The molecule has 3 fully saturated rings. The van der Waals surface area contributed by atoms with Crippen LogP contribution in [0, 0.1) is 11.3 Å². The van der Waals surface area contributed by atoms with Gasteiger partial charge in [0.2, 0.25) is 0 Å². The molecule has 0 aromatic rings. The van der Waals surface area contributed by atoms with Crippen LogP contribution >= 0.6 is 0 Å². The molecule has 2 aliphatic heterocycles. The molecular weight excluding hydrogens is 312 g/mol. The van der Waals surface area contributed by atoms with Gasteiger partial charge in [0.15, 0.2) is 6.29 Å². The van der Waals surface area contributed by atoms with Crippen molar-refractivity contribution in [3.05, 3.63) is 12.7 Å². The van der Waals surface area contributed by atoms with Gasteiger partial charge in [-0.2, -0.15) is 0 Å². The summed E-state index contributed by atoms with van der Waals surface area (Å²) in [5.74, 6) is -0.127. The number of aliphatic hydroxyl groups excluding tert-OH is 1. The lowest BCUT2D eigenvalue weighted by Crippen LogP contribution is -2.52. The quantitative estimate of drug-likeness (QED) is 0.624. The molecule has 3 rings (SSSR count). The zero-order valence-corrected chi connectivity index (χ0v) is 14.3. The van der Waals surface area contributed by atoms with E-state index in [2.05, 4.69) is 13.5 Å². The SMILES string of the molecule is C=CC(=O)OC1CC2(CCC1O)COC(C1CCOC(C)C1)OC2. The Morgan fingerprint density at radius 1 is 1.29 bits per heavy atom. The van der Waals surface area contributed by atoms with Crippen molar-refractivity contribution >= 4 is 5.97 Å². The van der Waals surface area contributed by atoms with Gasteiger partial charge in [-0.05, 0) is 39.0 Å². The number of ether oxygens (including phenoxy) is 4. The molecule has 0 aromatic carbocycles. The highest BCUT2D eigenvalue weighted by molar-refractivity contribution is 5.81. The van der Waals surface area contributed by atoms with E-state index < -0.39 is 18.2 Å². The molecule has 3 aliphatic rings. The van der Waals surface area contributed by atoms with Gasteiger partial charge < -0.3 is 24.1 Å². The topological polar surface area (TPSA) is 74.2 Å². The second-order valence-electron chi connectivity index (χ2n) is 7.45. The Hall–Kier alpha value is -0.950. The van der Waals surface area contributed by atoms with Crippen LogP contribution in [-0.2, 0) is 23.7 Å². The summed E-state index contributed by atoms with van der Waals surface area (Å²) in [7, 11) is 0. The second kappa shape index (κ2) is 7.52. The zero-order chi connectivity index (χ0) is 17.2. The van der Waals surface area contributed by atoms with Gasteiger partial charge >= 0.3 is 5.97 Å². The van der Waals surface area contributed by atoms with E-state index in [1.54, 1.807) is 0 Å². The first-order valence-electron chi connectivity index (χ1n) is 8.87. The minimum Gasteiger partial charge on any atom is -0.456 e. The van der Waals surface area contributed by atoms with E-state index in [1.807, 2.05) is 0 Å². The molecule has 4 atom stereocenters. The van der Waals surface area contributed by atoms with Gasteiger partial charge in [0.05, 0.1) is 25.4 Å². The number of carbonyl (C=O) groups is 1. The van der Waals surface area contributed by atoms with Crippen LogP contribution in [0.3, 0.4) is 0 Å². The Morgan fingerprint density at radius 3 is 2.71 bits per heavy atom. The average Bonchev–Trinajstić information content (AvgIpc) is 2.59. The zero-order valence-electron chi connectivity index (χ0n) is 14.3. The molecule has 6 heteroatoms. The van der Waals surface area contributed by atoms with Gasteiger partial charge in [-0.15, -0.1) is 0 Å². The molecule has 1 saturated carbocycles. The fraction of sp³-hybridized carbons (Fsp3) is 0.833. The molecule has 0 bridgehead atoms. The molecule has 4 unspecified atom stereocenters. The second-order valence-corrected chi connectivity index (χ2v) is 7.45. The molecule has 2 saturated heterocycles. The summed E-state index contributed by atoms with van der Waals surface area (Å²) in [6.07, 6.45) is 3.92. The number of hydrogen-bond acceptors (Lipinski definition) is 6. The monoisotopic (exact) mass is 340 g/mol. The standard InChI is InChI=1S/C18H28O6/c1-3-16(20)24-15-9-18(6-4-14(15)19)10-22-17(23-11-18)13-5-7-21-12(2)8-13/h3,12-15,17,19H,1,4-11H2,2H3. The fourth-order valence-electron chi connectivity index (χ4n) is 4.04. The van der Waals surface area contributed by atoms with Crippen LogP contribution in [0.15, 0.2) is 12.7 Å². The van der Waals surface area contributed by atoms with Crippen molar-refractivity contribution in [3.63, 3.8) is 0 Å². The number of aliphatic hydroxyl groups is 1. The van der Waals surface area contributed by atoms with E-state index in [9.17, 15) is 9.90 Å². The lowest BCUT2D eigenvalue weighted by molar-refractivity contribution is -0.272. The molecule has 136 valence electrons. The van der Waals surface area contributed by atoms with Crippen LogP contribution in [0.1, 0.15) is 39.0 Å². The molecule has 0 aromatic heterocycles. The van der Waals surface area contributed by atoms with Crippen molar-refractivity contribution in [2.45, 2.75) is 63.6 Å². The van der Waals surface area contributed by atoms with Crippen LogP contribution < -0.4 is 0 Å². The highest BCUT2D eigenvalue weighted by Crippen LogP contribution is 2.42. The van der Waals surface area contributed by atoms with Crippen molar-refractivity contribution in [1.29, 1.82) is 0 Å². The van der Waals surface area contributed by atoms with Crippen molar-refractivity contribution in [2.24, 2.45) is 11.3 Å². The van der Waals surface area contributed by atoms with Crippen molar-refractivity contribution in [2.75, 3.05) is 19.8 Å². The Morgan fingerprint density at radius 2 is 2.04 bits per heavy atom. The first-order chi connectivity index (χ1) is 11.5. The van der Waals surface area contributed by atoms with Crippen LogP contribution in [0.5, 0.6) is 0 Å². The number of rotatable bonds is 3. The summed E-state index contributed by atoms with van der Waals surface area (Å²) in [4.78, 5) is 11.5. The van der Waals surface area contributed by atoms with E-state index in [4.69, 9.17) is 18.9 Å². The fourth-order valence-corrected chi connectivity index (χ4v) is 4.04. The maximum atomic E-state index is 11.5. The third kappa shape index (κ3) is 3.99. The van der Waals surface area contributed by atoms with E-state index in [-0.39, 0.29) is 17.8 Å². The Labute approximate surface area is 143 Å². The van der Waals surface area contributed by atoms with Crippen molar-refractivity contribution in [1.82, 2.24) is 0 Å². The minimum atomic E-state index is -0.631. The van der Waals surface area contributed by atoms with Gasteiger partial charge in [-0.3, -0.25) is 0 Å². The summed E-state index contributed by atoms with van der Waals surface area (Å²) >= 11 is 0. The van der Waals surface area contributed by atoms with E-state index >= 15 is 0 Å². The molecule has 0 amide bonds. The first-order valence-corrected chi connectivity index (χ1v) is 8.87. The smallest absolute Gasteiger partial charge is 0.330 e. The number of carbonyl (C=O) groups excluding carboxylic acids is 1. The summed E-state index contributed by atoms with van der Waals surface area (Å²) in [5.41, 5.74) is -0.182. The summed E-state index contributed by atoms with van der Waals surface area (Å²) in [5, 5.41) is 10.1. The van der Waals surface area contributed by atoms with Crippen LogP contribution in [-0.4, -0.2) is 55.5 Å². The van der Waals surface area contributed by atoms with E-state index in [0.29, 0.717) is 32.0 Å². The molecule has 2 heterocycles. The van der Waals surface area contributed by atoms with Gasteiger partial charge in [-0.25, -0.2) is 4.79 Å². The van der Waals surface area contributed by atoms with E-state index in [1.165, 1.54) is 0 Å². The molecule has 24 heavy (non-hydrogen) atoms. The molecule has 1 N–H and O–H groups in total. The van der Waals surface area contributed by atoms with Gasteiger partial charge in [0, 0.05) is 24.0 Å². The number of esters is 1. The summed E-state index contributed by atoms with van der Waals surface area (Å²) in [6, 6.07) is 0. The van der Waals surface area contributed by atoms with E-state index in [0.717, 1.165) is 31.9 Å². The largest absolute Gasteiger partial charge is 0.456 e. The summed E-state index contributed by atoms with van der Waals surface area (Å²) in [6.45, 7) is 7.41. The normalized spacial score (nSPS) is 43.3. The molecular formula is C18H28O6. The van der Waals surface area contributed by atoms with Gasteiger partial charge in [-0.1, -0.05) is 6.58 Å². The molecule has 0 radical (unpaired) electrons. The first kappa shape index (κ1) is 17.9. The average molecular weight is 340 g/mol. The lowest BCUT2D eigenvalue weighted by atomic mass is 9.72. The van der Waals surface area contributed by atoms with Crippen LogP contribution in [0.2, 0.25) is 0 Å². The van der Waals surface area contributed by atoms with Gasteiger partial charge in [0.1, 0.15) is 6.10 Å². The maximum Gasteiger partial charge on any atom is 0.330 e. The molecule has 6 nitrogen and oxygen atoms in total. The maximum absolute atomic E-state index is 11.5. The highest BCUT2D eigenvalue weighted by Gasteiger charge is 2.46. The van der Waals surface area contributed by atoms with Crippen molar-refractivity contribution < 1.29 is 28.8 Å². The van der Waals surface area contributed by atoms with Gasteiger partial charge in [0.25, 0.3) is 0 Å².